The van der Waals surface area contributed by atoms with Crippen LogP contribution in [-0.4, -0.2) is 78.6 Å². The number of nitrogens with zero attached hydrogens (tertiary/aromatic N) is 3. The first-order valence-electron chi connectivity index (χ1n) is 18.6. The van der Waals surface area contributed by atoms with Gasteiger partial charge in [0, 0.05) is 67.7 Å². The fourth-order valence-electron chi connectivity index (χ4n) is 7.55. The van der Waals surface area contributed by atoms with Crippen LogP contribution < -0.4 is 10.5 Å². The molecule has 3 aliphatic rings. The average Bonchev–Trinajstić information content (AvgIpc) is 3.35. The fraction of sp³-hybridized carbons (Fsp3) is 0.537. The van der Waals surface area contributed by atoms with E-state index in [1.807, 2.05) is 64.1 Å². The number of likely N-dealkylation sites (N-methyl/N-ethyl adjacent to an activating group) is 1. The SMILES string of the molecule is CC.CCC.COc1ccc2c(c1)C=C(C(=O)N(C)[C@H](C(=O)N1CCOCC1)C(C)C)Cn1c-2c(C2CCCCC2)c2ccc(C(N)=O)cc21.[HH].[V]. The second-order valence-corrected chi connectivity index (χ2v) is 13.7. The molecule has 279 valence electrons. The predicted octanol–water partition coefficient (Wildman–Crippen LogP) is 7.89. The van der Waals surface area contributed by atoms with Crippen molar-refractivity contribution in [3.05, 3.63) is 58.7 Å². The van der Waals surface area contributed by atoms with Gasteiger partial charge in [-0.15, -0.1) is 0 Å². The van der Waals surface area contributed by atoms with Crippen LogP contribution in [-0.2, 0) is 39.4 Å². The van der Waals surface area contributed by atoms with Gasteiger partial charge in [0.1, 0.15) is 11.8 Å². The number of ether oxygens (including phenoxy) is 2. The van der Waals surface area contributed by atoms with Crippen LogP contribution in [0.2, 0.25) is 0 Å². The molecule has 1 saturated carbocycles. The molecule has 1 radical (unpaired) electrons. The van der Waals surface area contributed by atoms with Gasteiger partial charge in [-0.3, -0.25) is 14.4 Å². The molecule has 1 atom stereocenters. The van der Waals surface area contributed by atoms with E-state index >= 15 is 0 Å². The zero-order valence-corrected chi connectivity index (χ0v) is 33.4. The topological polar surface area (TPSA) is 107 Å². The van der Waals surface area contributed by atoms with Crippen molar-refractivity contribution in [2.45, 2.75) is 98.6 Å². The minimum atomic E-state index is -0.621. The number of methoxy groups -OCH3 is 1. The van der Waals surface area contributed by atoms with E-state index in [2.05, 4.69) is 24.5 Å². The van der Waals surface area contributed by atoms with E-state index in [0.29, 0.717) is 49.1 Å². The van der Waals surface area contributed by atoms with Gasteiger partial charge < -0.3 is 29.6 Å². The maximum absolute atomic E-state index is 14.5. The standard InChI is InChI=1S/C36H44N4O5.C3H8.C2H6.V.H2/c1-22(2)32(36(43)39-14-16-45-17-15-39)38(3)35(42)26-18-25-19-27(44-4)11-13-28(25)33-31(23-8-6-5-7-9-23)29-12-10-24(34(37)41)20-30(29)40(33)21-26;1-3-2;1-2;;/h10-13,18-20,22-23,32H,5-9,14-17,21H2,1-4H3,(H2,37,41);3H2,1-2H3;1-2H3;;1H/t32-;;;;/m0..../s1. The quantitative estimate of drug-likeness (QED) is 0.265. The van der Waals surface area contributed by atoms with Crippen molar-refractivity contribution in [2.75, 3.05) is 40.5 Å². The summed E-state index contributed by atoms with van der Waals surface area (Å²) in [6.45, 7) is 14.5. The van der Waals surface area contributed by atoms with E-state index in [0.717, 1.165) is 40.6 Å². The Hall–Kier alpha value is -3.53. The average molecular weight is 740 g/mol. The number of aromatic nitrogens is 1. The Labute approximate surface area is 318 Å². The van der Waals surface area contributed by atoms with Crippen molar-refractivity contribution in [1.29, 1.82) is 0 Å². The predicted molar refractivity (Wildman–Crippen MR) is 204 cm³/mol. The van der Waals surface area contributed by atoms with Crippen molar-refractivity contribution in [1.82, 2.24) is 14.4 Å². The molecule has 2 fully saturated rings. The van der Waals surface area contributed by atoms with E-state index in [1.54, 1.807) is 24.0 Å². The van der Waals surface area contributed by atoms with Crippen LogP contribution in [0.4, 0.5) is 0 Å². The molecule has 2 aliphatic heterocycles. The molecule has 9 nitrogen and oxygen atoms in total. The molecule has 3 amide bonds. The molecule has 0 unspecified atom stereocenters. The Balaban J connectivity index is 0.00000127. The molecule has 2 N–H and O–H groups in total. The number of amides is 3. The Kier molecular flexibility index (Phi) is 15.9. The van der Waals surface area contributed by atoms with Gasteiger partial charge in [-0.1, -0.05) is 73.3 Å². The number of hydrogen-bond acceptors (Lipinski definition) is 5. The summed E-state index contributed by atoms with van der Waals surface area (Å²) in [5, 5.41) is 1.09. The van der Waals surface area contributed by atoms with Crippen LogP contribution >= 0.6 is 0 Å². The van der Waals surface area contributed by atoms with Gasteiger partial charge in [-0.05, 0) is 72.2 Å². The van der Waals surface area contributed by atoms with Crippen LogP contribution in [0.5, 0.6) is 5.75 Å². The van der Waals surface area contributed by atoms with Crippen molar-refractivity contribution in [3.8, 4) is 17.0 Å². The summed E-state index contributed by atoms with van der Waals surface area (Å²) < 4.78 is 13.3. The first-order chi connectivity index (χ1) is 24.1. The van der Waals surface area contributed by atoms with E-state index in [1.165, 1.54) is 31.2 Å². The first kappa shape index (κ1) is 41.9. The zero-order valence-electron chi connectivity index (χ0n) is 32.0. The molecule has 0 bridgehead atoms. The van der Waals surface area contributed by atoms with E-state index in [-0.39, 0.29) is 44.3 Å². The number of hydrogen-bond donors (Lipinski definition) is 1. The molecule has 2 aromatic carbocycles. The number of fused-ring (bicyclic) bond motifs is 5. The minimum Gasteiger partial charge on any atom is -0.497 e. The van der Waals surface area contributed by atoms with Crippen LogP contribution in [0.15, 0.2) is 42.0 Å². The Bertz CT molecular complexity index is 1690. The molecule has 3 aromatic rings. The number of nitrogens with two attached hydrogens (primary N) is 1. The second kappa shape index (κ2) is 19.4. The number of benzene rings is 2. The Morgan fingerprint density at radius 2 is 1.67 bits per heavy atom. The van der Waals surface area contributed by atoms with Crippen LogP contribution in [0, 0.1) is 5.92 Å². The minimum absolute atomic E-state index is 0. The van der Waals surface area contributed by atoms with Crippen molar-refractivity contribution in [3.63, 3.8) is 0 Å². The molecule has 10 heteroatoms. The smallest absolute Gasteiger partial charge is 0.252 e. The number of rotatable bonds is 7. The summed E-state index contributed by atoms with van der Waals surface area (Å²) >= 11 is 0. The molecule has 51 heavy (non-hydrogen) atoms. The third-order valence-electron chi connectivity index (χ3n) is 9.79. The summed E-state index contributed by atoms with van der Waals surface area (Å²) in [4.78, 5) is 44.0. The molecule has 1 aliphatic carbocycles. The second-order valence-electron chi connectivity index (χ2n) is 13.7. The molecular formula is C41H60N4O5V. The maximum atomic E-state index is 14.5. The summed E-state index contributed by atoms with van der Waals surface area (Å²) in [5.74, 6) is 0.225. The number of morpholine rings is 1. The van der Waals surface area contributed by atoms with Crippen molar-refractivity contribution in [2.24, 2.45) is 11.7 Å². The van der Waals surface area contributed by atoms with Crippen LogP contribution in [0.3, 0.4) is 0 Å². The number of carbonyl (C=O) groups excluding carboxylic acids is 3. The monoisotopic (exact) mass is 739 g/mol. The van der Waals surface area contributed by atoms with Crippen LogP contribution in [0.1, 0.15) is 109 Å². The molecule has 0 spiro atoms. The number of carbonyl (C=O) groups is 3. The van der Waals surface area contributed by atoms with Gasteiger partial charge in [0.2, 0.25) is 11.8 Å². The molecule has 1 saturated heterocycles. The molecule has 3 heterocycles. The molecular weight excluding hydrogens is 679 g/mol. The fourth-order valence-corrected chi connectivity index (χ4v) is 7.55. The number of primary amides is 1. The van der Waals surface area contributed by atoms with Gasteiger partial charge in [0.25, 0.3) is 5.91 Å². The Morgan fingerprint density at radius 3 is 2.25 bits per heavy atom. The van der Waals surface area contributed by atoms with E-state index in [4.69, 9.17) is 15.2 Å². The summed E-state index contributed by atoms with van der Waals surface area (Å²) in [5.41, 5.74) is 11.9. The van der Waals surface area contributed by atoms with Gasteiger partial charge in [-0.2, -0.15) is 0 Å². The third kappa shape index (κ3) is 9.11. The van der Waals surface area contributed by atoms with Crippen molar-refractivity contribution >= 4 is 34.7 Å². The summed E-state index contributed by atoms with van der Waals surface area (Å²) in [7, 11) is 3.37. The largest absolute Gasteiger partial charge is 0.497 e. The van der Waals surface area contributed by atoms with Gasteiger partial charge in [0.05, 0.1) is 32.6 Å². The van der Waals surface area contributed by atoms with E-state index < -0.39 is 11.9 Å². The van der Waals surface area contributed by atoms with Gasteiger partial charge in [-0.25, -0.2) is 0 Å². The summed E-state index contributed by atoms with van der Waals surface area (Å²) in [6, 6.07) is 11.1. The van der Waals surface area contributed by atoms with Gasteiger partial charge >= 0.3 is 0 Å². The third-order valence-corrected chi connectivity index (χ3v) is 9.79. The Morgan fingerprint density at radius 1 is 1.02 bits per heavy atom. The van der Waals surface area contributed by atoms with Gasteiger partial charge in [0.15, 0.2) is 0 Å². The molecule has 6 rings (SSSR count). The maximum Gasteiger partial charge on any atom is 0.252 e. The zero-order chi connectivity index (χ0) is 36.5. The van der Waals surface area contributed by atoms with Crippen molar-refractivity contribution < 1.29 is 43.8 Å². The summed E-state index contributed by atoms with van der Waals surface area (Å²) in [6.07, 6.45) is 8.97. The first-order valence-corrected chi connectivity index (χ1v) is 18.6. The van der Waals surface area contributed by atoms with Crippen LogP contribution in [0.25, 0.3) is 28.2 Å². The molecule has 1 aromatic heterocycles. The van der Waals surface area contributed by atoms with E-state index in [9.17, 15) is 14.4 Å². The normalized spacial score (nSPS) is 16.1.